The summed E-state index contributed by atoms with van der Waals surface area (Å²) in [6.07, 6.45) is 2.77. The minimum atomic E-state index is -0.0793. The first-order valence-electron chi connectivity index (χ1n) is 9.17. The number of fused-ring (bicyclic) bond motifs is 1. The molecule has 1 atom stereocenters. The second-order valence-electron chi connectivity index (χ2n) is 6.92. The number of nitrogens with two attached hydrogens (primary N) is 2. The average molecular weight is 374 g/mol. The molecule has 0 bridgehead atoms. The van der Waals surface area contributed by atoms with Gasteiger partial charge >= 0.3 is 0 Å². The number of rotatable bonds is 6. The van der Waals surface area contributed by atoms with Gasteiger partial charge in [-0.15, -0.1) is 0 Å². The summed E-state index contributed by atoms with van der Waals surface area (Å²) in [6.45, 7) is 0.528. The Hall–Kier alpha value is -3.45. The molecule has 4 rings (SSSR count). The number of benzene rings is 2. The molecule has 1 aliphatic rings. The van der Waals surface area contributed by atoms with Gasteiger partial charge in [0.1, 0.15) is 0 Å². The van der Waals surface area contributed by atoms with E-state index in [4.69, 9.17) is 11.5 Å². The van der Waals surface area contributed by atoms with Gasteiger partial charge in [0.15, 0.2) is 11.6 Å². The quantitative estimate of drug-likeness (QED) is 0.525. The zero-order chi connectivity index (χ0) is 19.5. The first kappa shape index (κ1) is 17.9. The van der Waals surface area contributed by atoms with Crippen LogP contribution in [0, 0.1) is 0 Å². The van der Waals surface area contributed by atoms with Crippen LogP contribution in [0.3, 0.4) is 0 Å². The van der Waals surface area contributed by atoms with Gasteiger partial charge in [-0.1, -0.05) is 36.4 Å². The molecule has 2 heterocycles. The van der Waals surface area contributed by atoms with Gasteiger partial charge in [0, 0.05) is 23.8 Å². The molecule has 142 valence electrons. The first-order chi connectivity index (χ1) is 13.6. The predicted octanol–water partition coefficient (Wildman–Crippen LogP) is 2.20. The number of hydrogen-bond donors (Lipinski definition) is 4. The average Bonchev–Trinajstić information content (AvgIpc) is 3.07. The van der Waals surface area contributed by atoms with Crippen LogP contribution in [-0.4, -0.2) is 28.5 Å². The Morgan fingerprint density at radius 1 is 1.18 bits per heavy atom. The summed E-state index contributed by atoms with van der Waals surface area (Å²) >= 11 is 0. The molecule has 3 aromatic rings. The van der Waals surface area contributed by atoms with Crippen LogP contribution in [0.25, 0.3) is 11.3 Å². The molecule has 1 aliphatic heterocycles. The molecule has 2 aromatic carbocycles. The molecule has 0 radical (unpaired) electrons. The summed E-state index contributed by atoms with van der Waals surface area (Å²) in [7, 11) is 0. The van der Waals surface area contributed by atoms with Crippen molar-refractivity contribution in [3.05, 3.63) is 65.9 Å². The summed E-state index contributed by atoms with van der Waals surface area (Å²) in [4.78, 5) is 20.4. The molecular formula is C21H22N6O. The summed E-state index contributed by atoms with van der Waals surface area (Å²) in [5, 5.41) is 6.04. The van der Waals surface area contributed by atoms with Crippen molar-refractivity contribution in [3.63, 3.8) is 0 Å². The smallest absolute Gasteiger partial charge is 0.228 e. The Morgan fingerprint density at radius 3 is 2.82 bits per heavy atom. The van der Waals surface area contributed by atoms with Crippen molar-refractivity contribution in [2.24, 2.45) is 5.73 Å². The van der Waals surface area contributed by atoms with Gasteiger partial charge in [-0.3, -0.25) is 4.79 Å². The van der Waals surface area contributed by atoms with E-state index in [9.17, 15) is 4.79 Å². The standard InChI is InChI=1S/C21H22N6O/c22-16(8-13-4-2-1-3-5-13)11-25-21-20(23)24-12-18(27-21)14-6-7-17-15(9-14)10-19(28)26-17/h1-7,9,12,16H,8,10-11,22H2,(H2,23,24)(H,25,27)(H,26,28). The number of nitrogens with zero attached hydrogens (tertiary/aromatic N) is 2. The normalized spacial score (nSPS) is 13.7. The molecule has 7 nitrogen and oxygen atoms in total. The van der Waals surface area contributed by atoms with E-state index in [-0.39, 0.29) is 11.9 Å². The van der Waals surface area contributed by atoms with Gasteiger partial charge in [-0.2, -0.15) is 0 Å². The SMILES string of the molecule is Nc1ncc(-c2ccc3c(c2)CC(=O)N3)nc1NCC(N)Cc1ccccc1. The zero-order valence-electron chi connectivity index (χ0n) is 15.4. The largest absolute Gasteiger partial charge is 0.381 e. The van der Waals surface area contributed by atoms with Gasteiger partial charge in [-0.25, -0.2) is 9.97 Å². The Kier molecular flexibility index (Phi) is 4.90. The highest BCUT2D eigenvalue weighted by Crippen LogP contribution is 2.29. The van der Waals surface area contributed by atoms with E-state index < -0.39 is 0 Å². The molecule has 28 heavy (non-hydrogen) atoms. The third-order valence-corrected chi connectivity index (χ3v) is 4.70. The lowest BCUT2D eigenvalue weighted by molar-refractivity contribution is -0.115. The molecule has 6 N–H and O–H groups in total. The Labute approximate surface area is 163 Å². The van der Waals surface area contributed by atoms with Crippen molar-refractivity contribution < 1.29 is 4.79 Å². The molecule has 0 fully saturated rings. The van der Waals surface area contributed by atoms with Gasteiger partial charge < -0.3 is 22.1 Å². The summed E-state index contributed by atoms with van der Waals surface area (Å²) in [5.41, 5.74) is 16.8. The van der Waals surface area contributed by atoms with Gasteiger partial charge in [-0.05, 0) is 29.7 Å². The first-order valence-corrected chi connectivity index (χ1v) is 9.17. The third-order valence-electron chi connectivity index (χ3n) is 4.70. The minimum Gasteiger partial charge on any atom is -0.381 e. The van der Waals surface area contributed by atoms with E-state index in [1.54, 1.807) is 6.20 Å². The fourth-order valence-corrected chi connectivity index (χ4v) is 3.27. The van der Waals surface area contributed by atoms with Crippen molar-refractivity contribution in [3.8, 4) is 11.3 Å². The lowest BCUT2D eigenvalue weighted by Gasteiger charge is -2.15. The van der Waals surface area contributed by atoms with E-state index in [0.29, 0.717) is 30.3 Å². The second kappa shape index (κ2) is 7.66. The lowest BCUT2D eigenvalue weighted by Crippen LogP contribution is -2.31. The van der Waals surface area contributed by atoms with E-state index in [0.717, 1.165) is 23.2 Å². The molecule has 0 saturated carbocycles. The molecule has 0 aliphatic carbocycles. The highest BCUT2D eigenvalue weighted by molar-refractivity contribution is 5.99. The third kappa shape index (κ3) is 3.94. The van der Waals surface area contributed by atoms with Crippen LogP contribution in [0.2, 0.25) is 0 Å². The highest BCUT2D eigenvalue weighted by Gasteiger charge is 2.18. The molecule has 7 heteroatoms. The van der Waals surface area contributed by atoms with Crippen LogP contribution in [0.15, 0.2) is 54.7 Å². The Balaban J connectivity index is 1.47. The van der Waals surface area contributed by atoms with Crippen molar-refractivity contribution in [1.82, 2.24) is 9.97 Å². The van der Waals surface area contributed by atoms with Crippen molar-refractivity contribution in [1.29, 1.82) is 0 Å². The minimum absolute atomic E-state index is 0.00491. The van der Waals surface area contributed by atoms with Crippen LogP contribution in [0.4, 0.5) is 17.3 Å². The molecule has 1 aromatic heterocycles. The monoisotopic (exact) mass is 374 g/mol. The van der Waals surface area contributed by atoms with Gasteiger partial charge in [0.2, 0.25) is 5.91 Å². The van der Waals surface area contributed by atoms with E-state index in [1.807, 2.05) is 36.4 Å². The fourth-order valence-electron chi connectivity index (χ4n) is 3.27. The molecule has 1 amide bonds. The number of carbonyl (C=O) groups excluding carboxylic acids is 1. The highest BCUT2D eigenvalue weighted by atomic mass is 16.1. The van der Waals surface area contributed by atoms with E-state index >= 15 is 0 Å². The van der Waals surface area contributed by atoms with Gasteiger partial charge in [0.05, 0.1) is 18.3 Å². The topological polar surface area (TPSA) is 119 Å². The van der Waals surface area contributed by atoms with Crippen molar-refractivity contribution >= 4 is 23.2 Å². The number of aromatic nitrogens is 2. The number of nitrogen functional groups attached to an aromatic ring is 1. The fraction of sp³-hybridized carbons (Fsp3) is 0.190. The molecular weight excluding hydrogens is 352 g/mol. The summed E-state index contributed by atoms with van der Waals surface area (Å²) in [6, 6.07) is 15.8. The molecule has 1 unspecified atom stereocenters. The predicted molar refractivity (Wildman–Crippen MR) is 111 cm³/mol. The van der Waals surface area contributed by atoms with E-state index in [1.165, 1.54) is 5.56 Å². The van der Waals surface area contributed by atoms with Crippen molar-refractivity contribution in [2.45, 2.75) is 18.9 Å². The van der Waals surface area contributed by atoms with Crippen LogP contribution < -0.4 is 22.1 Å². The zero-order valence-corrected chi connectivity index (χ0v) is 15.4. The Morgan fingerprint density at radius 2 is 2.00 bits per heavy atom. The number of anilines is 3. The number of nitrogens with one attached hydrogen (secondary N) is 2. The molecule has 0 saturated heterocycles. The number of amides is 1. The van der Waals surface area contributed by atoms with Crippen LogP contribution in [0.5, 0.6) is 0 Å². The van der Waals surface area contributed by atoms with Crippen molar-refractivity contribution in [2.75, 3.05) is 22.9 Å². The number of hydrogen-bond acceptors (Lipinski definition) is 6. The maximum atomic E-state index is 11.5. The summed E-state index contributed by atoms with van der Waals surface area (Å²) in [5.74, 6) is 0.842. The summed E-state index contributed by atoms with van der Waals surface area (Å²) < 4.78 is 0. The molecule has 0 spiro atoms. The van der Waals surface area contributed by atoms with Crippen LogP contribution in [0.1, 0.15) is 11.1 Å². The van der Waals surface area contributed by atoms with E-state index in [2.05, 4.69) is 32.7 Å². The maximum Gasteiger partial charge on any atom is 0.228 e. The van der Waals surface area contributed by atoms with Crippen LogP contribution >= 0.6 is 0 Å². The Bertz CT molecular complexity index is 1010. The maximum absolute atomic E-state index is 11.5. The lowest BCUT2D eigenvalue weighted by atomic mass is 10.1. The number of carbonyl (C=O) groups is 1. The van der Waals surface area contributed by atoms with Crippen LogP contribution in [-0.2, 0) is 17.6 Å². The van der Waals surface area contributed by atoms with Gasteiger partial charge in [0.25, 0.3) is 0 Å². The second-order valence-corrected chi connectivity index (χ2v) is 6.92.